The van der Waals surface area contributed by atoms with Gasteiger partial charge in [-0.1, -0.05) is 12.2 Å². The highest BCUT2D eigenvalue weighted by molar-refractivity contribution is 5.16. The Balaban J connectivity index is 1.57. The summed E-state index contributed by atoms with van der Waals surface area (Å²) >= 11 is 0. The predicted octanol–water partition coefficient (Wildman–Crippen LogP) is 1.90. The van der Waals surface area contributed by atoms with Gasteiger partial charge in [0.1, 0.15) is 0 Å². The molecule has 1 saturated carbocycles. The number of hydrogen-bond acceptors (Lipinski definition) is 2. The minimum atomic E-state index is 0.724. The third-order valence-corrected chi connectivity index (χ3v) is 4.14. The molecule has 15 heavy (non-hydrogen) atoms. The van der Waals surface area contributed by atoms with Gasteiger partial charge in [0.15, 0.2) is 0 Å². The van der Waals surface area contributed by atoms with Crippen LogP contribution in [0, 0.1) is 5.41 Å². The molecule has 2 heterocycles. The van der Waals surface area contributed by atoms with Crippen molar-refractivity contribution < 1.29 is 0 Å². The lowest BCUT2D eigenvalue weighted by molar-refractivity contribution is 0.330. The van der Waals surface area contributed by atoms with Crippen LogP contribution in [0.1, 0.15) is 26.2 Å². The molecular formula is C13H20N2. The third kappa shape index (κ3) is 1.83. The molecule has 0 aromatic heterocycles. The smallest absolute Gasteiger partial charge is 0.0360 e. The normalized spacial score (nSPS) is 32.2. The molecule has 1 atom stereocenters. The zero-order valence-corrected chi connectivity index (χ0v) is 9.50. The van der Waals surface area contributed by atoms with E-state index in [0.29, 0.717) is 0 Å². The lowest BCUT2D eigenvalue weighted by atomic mass is 10.0. The zero-order chi connectivity index (χ0) is 10.3. The maximum Gasteiger partial charge on any atom is 0.0360 e. The molecule has 0 aromatic carbocycles. The van der Waals surface area contributed by atoms with Gasteiger partial charge in [-0.15, -0.1) is 0 Å². The van der Waals surface area contributed by atoms with Crippen LogP contribution in [0.5, 0.6) is 0 Å². The van der Waals surface area contributed by atoms with Gasteiger partial charge in [-0.05, 0) is 37.7 Å². The second-order valence-electron chi connectivity index (χ2n) is 5.42. The molecule has 0 amide bonds. The minimum absolute atomic E-state index is 0.724. The highest BCUT2D eigenvalue weighted by Crippen LogP contribution is 2.51. The summed E-state index contributed by atoms with van der Waals surface area (Å²) in [6.45, 7) is 5.76. The molecule has 82 valence electrons. The number of nitrogens with zero attached hydrogens (tertiary/aromatic N) is 1. The van der Waals surface area contributed by atoms with Crippen molar-refractivity contribution in [3.63, 3.8) is 0 Å². The standard InChI is InChI=1S/C13H20N2/c1-11-4-2-3-7-15(11)9-12-8-13(5-6-13)10-14-12/h2-4,12,14H,5-10H2,1H3/t12-/m0/s1. The van der Waals surface area contributed by atoms with Gasteiger partial charge in [0.25, 0.3) is 0 Å². The molecule has 0 aromatic rings. The van der Waals surface area contributed by atoms with Gasteiger partial charge in [-0.3, -0.25) is 0 Å². The number of nitrogens with one attached hydrogen (secondary N) is 1. The fraction of sp³-hybridized carbons (Fsp3) is 0.692. The van der Waals surface area contributed by atoms with E-state index < -0.39 is 0 Å². The first-order chi connectivity index (χ1) is 7.27. The van der Waals surface area contributed by atoms with Crippen LogP contribution in [0.4, 0.5) is 0 Å². The summed E-state index contributed by atoms with van der Waals surface area (Å²) in [7, 11) is 0. The second-order valence-corrected chi connectivity index (χ2v) is 5.42. The van der Waals surface area contributed by atoms with E-state index in [1.165, 1.54) is 38.0 Å². The summed E-state index contributed by atoms with van der Waals surface area (Å²) in [5, 5.41) is 3.68. The van der Waals surface area contributed by atoms with Crippen molar-refractivity contribution in [3.8, 4) is 0 Å². The van der Waals surface area contributed by atoms with Crippen molar-refractivity contribution >= 4 is 0 Å². The van der Waals surface area contributed by atoms with Gasteiger partial charge in [-0.2, -0.15) is 0 Å². The second kappa shape index (κ2) is 3.38. The van der Waals surface area contributed by atoms with Crippen molar-refractivity contribution in [3.05, 3.63) is 23.9 Å². The maximum atomic E-state index is 3.68. The van der Waals surface area contributed by atoms with E-state index in [4.69, 9.17) is 0 Å². The molecule has 2 fully saturated rings. The summed E-state index contributed by atoms with van der Waals surface area (Å²) in [6, 6.07) is 0.724. The Morgan fingerprint density at radius 1 is 1.53 bits per heavy atom. The minimum Gasteiger partial charge on any atom is -0.370 e. The van der Waals surface area contributed by atoms with E-state index in [0.717, 1.165) is 18.0 Å². The average molecular weight is 204 g/mol. The maximum absolute atomic E-state index is 3.68. The molecule has 3 rings (SSSR count). The van der Waals surface area contributed by atoms with Crippen LogP contribution < -0.4 is 5.32 Å². The summed E-state index contributed by atoms with van der Waals surface area (Å²) in [5.74, 6) is 0. The molecule has 0 radical (unpaired) electrons. The fourth-order valence-corrected chi connectivity index (χ4v) is 2.84. The van der Waals surface area contributed by atoms with Crippen LogP contribution in [0.25, 0.3) is 0 Å². The van der Waals surface area contributed by atoms with Crippen LogP contribution in [-0.4, -0.2) is 30.6 Å². The van der Waals surface area contributed by atoms with E-state index in [1.54, 1.807) is 0 Å². The van der Waals surface area contributed by atoms with Gasteiger partial charge in [0.05, 0.1) is 0 Å². The lowest BCUT2D eigenvalue weighted by Crippen LogP contribution is -2.37. The van der Waals surface area contributed by atoms with E-state index in [-0.39, 0.29) is 0 Å². The molecule has 1 saturated heterocycles. The van der Waals surface area contributed by atoms with Gasteiger partial charge < -0.3 is 10.2 Å². The van der Waals surface area contributed by atoms with Crippen LogP contribution in [0.3, 0.4) is 0 Å². The first-order valence-electron chi connectivity index (χ1n) is 6.09. The molecule has 1 spiro atoms. The van der Waals surface area contributed by atoms with Gasteiger partial charge in [-0.25, -0.2) is 0 Å². The van der Waals surface area contributed by atoms with Crippen LogP contribution >= 0.6 is 0 Å². The molecule has 3 aliphatic rings. The molecule has 2 heteroatoms. The molecule has 1 aliphatic carbocycles. The van der Waals surface area contributed by atoms with Crippen LogP contribution in [-0.2, 0) is 0 Å². The van der Waals surface area contributed by atoms with E-state index in [9.17, 15) is 0 Å². The van der Waals surface area contributed by atoms with Gasteiger partial charge in [0.2, 0.25) is 0 Å². The summed E-state index contributed by atoms with van der Waals surface area (Å²) in [4.78, 5) is 2.49. The first kappa shape index (κ1) is 9.46. The molecule has 2 nitrogen and oxygen atoms in total. The Hall–Kier alpha value is -0.760. The molecule has 0 unspecified atom stereocenters. The largest absolute Gasteiger partial charge is 0.370 e. The topological polar surface area (TPSA) is 15.3 Å². The highest BCUT2D eigenvalue weighted by Gasteiger charge is 2.48. The van der Waals surface area contributed by atoms with E-state index in [1.807, 2.05) is 0 Å². The molecule has 0 bridgehead atoms. The molecular weight excluding hydrogens is 184 g/mol. The van der Waals surface area contributed by atoms with Crippen molar-refractivity contribution in [2.24, 2.45) is 5.41 Å². The Labute approximate surface area is 92.0 Å². The lowest BCUT2D eigenvalue weighted by Gasteiger charge is -2.29. The Kier molecular flexibility index (Phi) is 2.13. The predicted molar refractivity (Wildman–Crippen MR) is 62.5 cm³/mol. The Morgan fingerprint density at radius 3 is 3.07 bits per heavy atom. The molecule has 1 N–H and O–H groups in total. The number of rotatable bonds is 2. The van der Waals surface area contributed by atoms with E-state index in [2.05, 4.69) is 35.4 Å². The Bertz CT molecular complexity index is 312. The summed E-state index contributed by atoms with van der Waals surface area (Å²) in [5.41, 5.74) is 2.14. The van der Waals surface area contributed by atoms with Crippen molar-refractivity contribution in [2.75, 3.05) is 19.6 Å². The summed E-state index contributed by atoms with van der Waals surface area (Å²) in [6.07, 6.45) is 11.0. The quantitative estimate of drug-likeness (QED) is 0.739. The molecule has 2 aliphatic heterocycles. The number of allylic oxidation sites excluding steroid dienone is 3. The third-order valence-electron chi connectivity index (χ3n) is 4.14. The van der Waals surface area contributed by atoms with Crippen LogP contribution in [0.2, 0.25) is 0 Å². The Morgan fingerprint density at radius 2 is 2.40 bits per heavy atom. The fourth-order valence-electron chi connectivity index (χ4n) is 2.84. The van der Waals surface area contributed by atoms with Crippen LogP contribution in [0.15, 0.2) is 23.9 Å². The van der Waals surface area contributed by atoms with Gasteiger partial charge in [0, 0.05) is 31.4 Å². The SMILES string of the molecule is CC1=CC=CCN1C[C@@H]1CC2(CC2)CN1. The van der Waals surface area contributed by atoms with Gasteiger partial charge >= 0.3 is 0 Å². The highest BCUT2D eigenvalue weighted by atomic mass is 15.2. The first-order valence-corrected chi connectivity index (χ1v) is 6.09. The number of hydrogen-bond donors (Lipinski definition) is 1. The van der Waals surface area contributed by atoms with Crippen molar-refractivity contribution in [1.29, 1.82) is 0 Å². The monoisotopic (exact) mass is 204 g/mol. The zero-order valence-electron chi connectivity index (χ0n) is 9.50. The average Bonchev–Trinajstić information content (AvgIpc) is 2.85. The van der Waals surface area contributed by atoms with E-state index >= 15 is 0 Å². The van der Waals surface area contributed by atoms with Crippen molar-refractivity contribution in [2.45, 2.75) is 32.2 Å². The summed E-state index contributed by atoms with van der Waals surface area (Å²) < 4.78 is 0. The van der Waals surface area contributed by atoms with Crippen molar-refractivity contribution in [1.82, 2.24) is 10.2 Å².